The molecule has 318 valence electrons. The van der Waals surface area contributed by atoms with E-state index in [2.05, 4.69) is 244 Å². The third-order valence-corrected chi connectivity index (χ3v) is 12.7. The summed E-state index contributed by atoms with van der Waals surface area (Å²) in [5.74, 6) is 3.12. The zero-order valence-electron chi connectivity index (χ0n) is 40.3. The van der Waals surface area contributed by atoms with Crippen LogP contribution in [0.5, 0.6) is 0 Å². The molecule has 0 radical (unpaired) electrons. The average molecular weight is 783 g/mol. The van der Waals surface area contributed by atoms with Crippen LogP contribution in [-0.2, 0) is 0 Å². The molecule has 1 aliphatic rings. The molecule has 58 heavy (non-hydrogen) atoms. The van der Waals surface area contributed by atoms with Gasteiger partial charge in [0.05, 0.1) is 0 Å². The summed E-state index contributed by atoms with van der Waals surface area (Å²) in [6.45, 7) is 35.9. The van der Waals surface area contributed by atoms with Crippen LogP contribution < -0.4 is 0 Å². The maximum atomic E-state index is 2.38. The lowest BCUT2D eigenvalue weighted by Crippen LogP contribution is -2.25. The second-order valence-electron chi connectivity index (χ2n) is 18.9. The first-order chi connectivity index (χ1) is 27.3. The van der Waals surface area contributed by atoms with Crippen LogP contribution in [0.3, 0.4) is 0 Å². The van der Waals surface area contributed by atoms with Crippen molar-refractivity contribution >= 4 is 0 Å². The van der Waals surface area contributed by atoms with E-state index < -0.39 is 0 Å². The monoisotopic (exact) mass is 783 g/mol. The fourth-order valence-electron chi connectivity index (χ4n) is 6.01. The van der Waals surface area contributed by atoms with Gasteiger partial charge in [-0.3, -0.25) is 0 Å². The van der Waals surface area contributed by atoms with Crippen LogP contribution in [0, 0.1) is 50.4 Å². The summed E-state index contributed by atoms with van der Waals surface area (Å²) in [6.07, 6.45) is 8.54. The molecule has 0 amide bonds. The van der Waals surface area contributed by atoms with Gasteiger partial charge in [0, 0.05) is 0 Å². The predicted octanol–water partition coefficient (Wildman–Crippen LogP) is 18.6. The van der Waals surface area contributed by atoms with Crippen molar-refractivity contribution < 1.29 is 0 Å². The molecule has 1 saturated carbocycles. The molecule has 5 aromatic carbocycles. The molecule has 4 unspecified atom stereocenters. The minimum Gasteiger partial charge on any atom is -0.0654 e. The Morgan fingerprint density at radius 3 is 0.897 bits per heavy atom. The van der Waals surface area contributed by atoms with Gasteiger partial charge in [0.25, 0.3) is 0 Å². The van der Waals surface area contributed by atoms with E-state index in [0.29, 0.717) is 22.7 Å². The van der Waals surface area contributed by atoms with Gasteiger partial charge in [-0.15, -0.1) is 0 Å². The van der Waals surface area contributed by atoms with Crippen LogP contribution in [0.15, 0.2) is 133 Å². The normalized spacial score (nSPS) is 15.7. The minimum absolute atomic E-state index is 0.437. The lowest BCUT2D eigenvalue weighted by atomic mass is 9.71. The highest BCUT2D eigenvalue weighted by Crippen LogP contribution is 2.36. The fourth-order valence-corrected chi connectivity index (χ4v) is 6.01. The summed E-state index contributed by atoms with van der Waals surface area (Å²) in [5, 5.41) is 0. The highest BCUT2D eigenvalue weighted by Gasteiger charge is 2.27. The predicted molar refractivity (Wildman–Crippen MR) is 263 cm³/mol. The van der Waals surface area contributed by atoms with Gasteiger partial charge in [-0.05, 0) is 107 Å². The molecule has 1 fully saturated rings. The summed E-state index contributed by atoms with van der Waals surface area (Å²) < 4.78 is 0. The van der Waals surface area contributed by atoms with Gasteiger partial charge < -0.3 is 0 Å². The van der Waals surface area contributed by atoms with Gasteiger partial charge in [0.1, 0.15) is 0 Å². The zero-order chi connectivity index (χ0) is 43.7. The second-order valence-corrected chi connectivity index (χ2v) is 18.9. The molecule has 0 bridgehead atoms. The van der Waals surface area contributed by atoms with Crippen molar-refractivity contribution in [3.63, 3.8) is 0 Å². The van der Waals surface area contributed by atoms with Gasteiger partial charge in [-0.1, -0.05) is 255 Å². The molecule has 1 aliphatic carbocycles. The SMILES string of the molecule is CC(C)(C)C(C)(C)C.CC(c1ccccc1)C(C)c1ccccc1.CC1CCCCC1C.CCCC.Cc1ccccc1-c1ccccc1C.Cc1ccccc1C. The summed E-state index contributed by atoms with van der Waals surface area (Å²) >= 11 is 0. The van der Waals surface area contributed by atoms with E-state index in [1.165, 1.54) is 83.0 Å². The van der Waals surface area contributed by atoms with E-state index in [1.807, 2.05) is 0 Å². The largest absolute Gasteiger partial charge is 0.0654 e. The molecule has 5 aromatic rings. The Morgan fingerprint density at radius 1 is 0.414 bits per heavy atom. The summed E-state index contributed by atoms with van der Waals surface area (Å²) in [6, 6.07) is 46.8. The standard InChI is InChI=1S/C16H18.C14H14.C8H16.C8H10.C8H18.C4H10/c1-13(15-9-5-3-6-10-15)14(2)16-11-7-4-8-12-16;1-11-7-3-5-9-13(11)14-10-6-4-8-12(14)2;2*1-7-5-3-4-6-8(7)2;1-7(2,3)8(4,5)6;1-3-4-2/h3-14H,1-2H3;3-10H,1-2H3;7-8H,3-6H2,1-2H3;3-6H,1-2H3;1-6H3;3-4H2,1-2H3. The van der Waals surface area contributed by atoms with Gasteiger partial charge in [0.15, 0.2) is 0 Å². The average Bonchev–Trinajstić information content (AvgIpc) is 3.21. The van der Waals surface area contributed by atoms with Crippen molar-refractivity contribution in [2.45, 2.75) is 161 Å². The Morgan fingerprint density at radius 2 is 0.672 bits per heavy atom. The van der Waals surface area contributed by atoms with Crippen LogP contribution in [0.2, 0.25) is 0 Å². The highest BCUT2D eigenvalue weighted by molar-refractivity contribution is 5.70. The van der Waals surface area contributed by atoms with Crippen molar-refractivity contribution in [1.82, 2.24) is 0 Å². The molecule has 0 spiro atoms. The summed E-state index contributed by atoms with van der Waals surface area (Å²) in [4.78, 5) is 0. The van der Waals surface area contributed by atoms with Crippen molar-refractivity contribution in [2.75, 3.05) is 0 Å². The Labute approximate surface area is 360 Å². The zero-order valence-corrected chi connectivity index (χ0v) is 40.3. The Bertz CT molecular complexity index is 1620. The van der Waals surface area contributed by atoms with E-state index in [9.17, 15) is 0 Å². The molecule has 0 N–H and O–H groups in total. The van der Waals surface area contributed by atoms with Crippen molar-refractivity contribution in [3.8, 4) is 11.1 Å². The molecule has 0 heterocycles. The molecule has 0 saturated heterocycles. The lowest BCUT2D eigenvalue weighted by molar-refractivity contribution is 0.157. The Balaban J connectivity index is 0.000000366. The number of hydrogen-bond donors (Lipinski definition) is 0. The van der Waals surface area contributed by atoms with Crippen LogP contribution in [-0.4, -0.2) is 0 Å². The molecular formula is C58H86. The first-order valence-electron chi connectivity index (χ1n) is 22.6. The minimum atomic E-state index is 0.437. The number of rotatable bonds is 5. The van der Waals surface area contributed by atoms with Gasteiger partial charge in [-0.2, -0.15) is 0 Å². The highest BCUT2D eigenvalue weighted by atomic mass is 14.3. The molecule has 0 aliphatic heterocycles. The third kappa shape index (κ3) is 20.2. The third-order valence-electron chi connectivity index (χ3n) is 12.7. The van der Waals surface area contributed by atoms with Crippen molar-refractivity contribution in [1.29, 1.82) is 0 Å². The second kappa shape index (κ2) is 27.7. The van der Waals surface area contributed by atoms with Crippen LogP contribution in [0.25, 0.3) is 11.1 Å². The summed E-state index contributed by atoms with van der Waals surface area (Å²) in [5.41, 5.74) is 11.8. The topological polar surface area (TPSA) is 0 Å². The molecular weight excluding hydrogens is 697 g/mol. The molecule has 4 atom stereocenters. The molecule has 0 aromatic heterocycles. The Hall–Kier alpha value is -3.90. The number of unbranched alkanes of at least 4 members (excludes halogenated alkanes) is 1. The van der Waals surface area contributed by atoms with Crippen molar-refractivity contribution in [3.05, 3.63) is 167 Å². The van der Waals surface area contributed by atoms with Crippen LogP contribution in [0.1, 0.15) is 167 Å². The molecule has 0 heteroatoms. The van der Waals surface area contributed by atoms with Crippen LogP contribution in [0.4, 0.5) is 0 Å². The van der Waals surface area contributed by atoms with E-state index in [4.69, 9.17) is 0 Å². The maximum Gasteiger partial charge on any atom is -0.0124 e. The quantitative estimate of drug-likeness (QED) is 0.167. The smallest absolute Gasteiger partial charge is 0.0124 e. The Kier molecular flexibility index (Phi) is 24.9. The van der Waals surface area contributed by atoms with E-state index in [-0.39, 0.29) is 0 Å². The fraction of sp³-hybridized carbons (Fsp3) is 0.483. The van der Waals surface area contributed by atoms with Gasteiger partial charge >= 0.3 is 0 Å². The number of benzene rings is 5. The van der Waals surface area contributed by atoms with Gasteiger partial charge in [-0.25, -0.2) is 0 Å². The van der Waals surface area contributed by atoms with E-state index >= 15 is 0 Å². The van der Waals surface area contributed by atoms with Gasteiger partial charge in [0.2, 0.25) is 0 Å². The van der Waals surface area contributed by atoms with Crippen molar-refractivity contribution in [2.24, 2.45) is 22.7 Å². The molecule has 0 nitrogen and oxygen atoms in total. The van der Waals surface area contributed by atoms with E-state index in [1.54, 1.807) is 0 Å². The van der Waals surface area contributed by atoms with E-state index in [0.717, 1.165) is 11.8 Å². The lowest BCUT2D eigenvalue weighted by Gasteiger charge is -2.34. The first-order valence-corrected chi connectivity index (χ1v) is 22.6. The summed E-state index contributed by atoms with van der Waals surface area (Å²) in [7, 11) is 0. The number of hydrogen-bond acceptors (Lipinski definition) is 0. The van der Waals surface area contributed by atoms with Crippen LogP contribution >= 0.6 is 0 Å². The maximum absolute atomic E-state index is 2.38. The number of aryl methyl sites for hydroxylation is 4. The molecule has 6 rings (SSSR count). The first kappa shape index (κ1) is 52.1.